The number of aliphatic hydroxyl groups excluding tert-OH is 1. The minimum atomic E-state index is -2.26. The third-order valence-electron chi connectivity index (χ3n) is 8.51. The number of aromatic hydroxyl groups is 2. The zero-order chi connectivity index (χ0) is 31.3. The summed E-state index contributed by atoms with van der Waals surface area (Å²) in [5.74, 6) is -3.60. The number of nitrogens with two attached hydrogens (primary N) is 1. The van der Waals surface area contributed by atoms with Gasteiger partial charge in [-0.3, -0.25) is 19.2 Å². The quantitative estimate of drug-likeness (QED) is 0.138. The van der Waals surface area contributed by atoms with Crippen molar-refractivity contribution in [3.8, 4) is 11.5 Å². The number of nitrogens with one attached hydrogen (secondary N) is 1. The molecule has 3 aliphatic rings. The van der Waals surface area contributed by atoms with E-state index in [1.165, 1.54) is 12.1 Å². The largest absolute Gasteiger partial charge is 0.507 e. The van der Waals surface area contributed by atoms with E-state index in [0.717, 1.165) is 5.56 Å². The van der Waals surface area contributed by atoms with Gasteiger partial charge in [0.15, 0.2) is 23.5 Å². The number of hydrogen-bond acceptors (Lipinski definition) is 11. The van der Waals surface area contributed by atoms with E-state index in [-0.39, 0.29) is 35.3 Å². The van der Waals surface area contributed by atoms with Crippen LogP contribution in [0.5, 0.6) is 11.5 Å². The fraction of sp³-hybridized carbons (Fsp3) is 0.344. The highest BCUT2D eigenvalue weighted by Crippen LogP contribution is 2.51. The van der Waals surface area contributed by atoms with Crippen LogP contribution in [0.2, 0.25) is 0 Å². The molecule has 6 rings (SSSR count). The number of benzene rings is 3. The van der Waals surface area contributed by atoms with E-state index in [0.29, 0.717) is 0 Å². The van der Waals surface area contributed by atoms with Gasteiger partial charge in [-0.25, -0.2) is 5.48 Å². The van der Waals surface area contributed by atoms with Gasteiger partial charge >= 0.3 is 0 Å². The SMILES string of the molecule is CC1OC(O[C@H]2C[C@](O)(C(=O)NOCc3ccccc3)Cc3c(O)c4c(c(O)c32)C(=O)c2ccccc2C4=O)CC(N)C1O. The van der Waals surface area contributed by atoms with Crippen molar-refractivity contribution in [2.24, 2.45) is 5.73 Å². The topological polar surface area (TPSA) is 198 Å². The highest BCUT2D eigenvalue weighted by atomic mass is 16.7. The molecule has 1 fully saturated rings. The van der Waals surface area contributed by atoms with E-state index in [1.54, 1.807) is 43.3 Å². The monoisotopic (exact) mass is 604 g/mol. The second kappa shape index (κ2) is 11.4. The van der Waals surface area contributed by atoms with Gasteiger partial charge in [-0.1, -0.05) is 54.6 Å². The summed E-state index contributed by atoms with van der Waals surface area (Å²) >= 11 is 0. The standard InChI is InChI=1S/C32H32N2O10/c1-15-26(35)20(33)11-22(43-15)44-21-13-32(41,31(40)34-42-14-16-7-3-2-4-8-16)12-19-23(21)30(39)25-24(29(19)38)27(36)17-9-5-6-10-18(17)28(25)37/h2-10,15,20-22,26,35,38-39,41H,11-14,33H2,1H3,(H,34,40)/t15?,20?,21-,22?,26?,32-/m0/s1. The van der Waals surface area contributed by atoms with E-state index < -0.39 is 89.2 Å². The van der Waals surface area contributed by atoms with E-state index in [1.807, 2.05) is 6.07 Å². The number of hydrogen-bond donors (Lipinski definition) is 6. The third kappa shape index (κ3) is 5.05. The predicted molar refractivity (Wildman–Crippen MR) is 152 cm³/mol. The molecule has 4 unspecified atom stereocenters. The Morgan fingerprint density at radius 2 is 1.64 bits per heavy atom. The minimum Gasteiger partial charge on any atom is -0.507 e. The Bertz CT molecular complexity index is 1630. The van der Waals surface area contributed by atoms with E-state index >= 15 is 0 Å². The Morgan fingerprint density at radius 3 is 2.27 bits per heavy atom. The molecule has 1 saturated heterocycles. The first-order valence-corrected chi connectivity index (χ1v) is 14.2. The number of carbonyl (C=O) groups excluding carboxylic acids is 3. The van der Waals surface area contributed by atoms with Crippen LogP contribution in [-0.2, 0) is 32.1 Å². The highest BCUT2D eigenvalue weighted by Gasteiger charge is 2.50. The van der Waals surface area contributed by atoms with Crippen molar-refractivity contribution in [3.05, 3.63) is 93.5 Å². The molecule has 6 atom stereocenters. The highest BCUT2D eigenvalue weighted by molar-refractivity contribution is 6.30. The van der Waals surface area contributed by atoms with Crippen molar-refractivity contribution in [2.45, 2.75) is 69.0 Å². The second-order valence-electron chi connectivity index (χ2n) is 11.4. The molecule has 1 heterocycles. The molecular formula is C32H32N2O10. The zero-order valence-electron chi connectivity index (χ0n) is 23.7. The fourth-order valence-corrected chi connectivity index (χ4v) is 6.18. The predicted octanol–water partition coefficient (Wildman–Crippen LogP) is 1.68. The number of rotatable bonds is 6. The molecule has 1 amide bonds. The third-order valence-corrected chi connectivity index (χ3v) is 8.51. The lowest BCUT2D eigenvalue weighted by atomic mass is 9.73. The first kappa shape index (κ1) is 29.9. The maximum absolute atomic E-state index is 13.5. The summed E-state index contributed by atoms with van der Waals surface area (Å²) in [5.41, 5.74) is 5.89. The molecule has 44 heavy (non-hydrogen) atoms. The summed E-state index contributed by atoms with van der Waals surface area (Å²) in [6.07, 6.45) is -5.01. The Hall–Kier alpha value is -4.17. The van der Waals surface area contributed by atoms with Crippen molar-refractivity contribution < 1.29 is 49.1 Å². The van der Waals surface area contributed by atoms with E-state index in [4.69, 9.17) is 20.0 Å². The van der Waals surface area contributed by atoms with Crippen molar-refractivity contribution >= 4 is 17.5 Å². The summed E-state index contributed by atoms with van der Waals surface area (Å²) in [6, 6.07) is 14.3. The van der Waals surface area contributed by atoms with Crippen LogP contribution in [0.1, 0.15) is 74.4 Å². The van der Waals surface area contributed by atoms with Gasteiger partial charge in [-0.15, -0.1) is 0 Å². The molecule has 12 nitrogen and oxygen atoms in total. The Kier molecular flexibility index (Phi) is 7.74. The van der Waals surface area contributed by atoms with Crippen LogP contribution in [-0.4, -0.2) is 68.0 Å². The summed E-state index contributed by atoms with van der Waals surface area (Å²) in [5, 5.41) is 45.0. The maximum atomic E-state index is 13.5. The molecule has 3 aromatic rings. The lowest BCUT2D eigenvalue weighted by Crippen LogP contribution is -2.54. The molecule has 0 aromatic heterocycles. The van der Waals surface area contributed by atoms with Gasteiger partial charge in [0.25, 0.3) is 5.91 Å². The van der Waals surface area contributed by atoms with Crippen LogP contribution in [0.25, 0.3) is 0 Å². The van der Waals surface area contributed by atoms with Crippen molar-refractivity contribution in [3.63, 3.8) is 0 Å². The molecule has 0 saturated carbocycles. The smallest absolute Gasteiger partial charge is 0.275 e. The Morgan fingerprint density at radius 1 is 1.02 bits per heavy atom. The molecule has 12 heteroatoms. The van der Waals surface area contributed by atoms with Crippen molar-refractivity contribution in [1.82, 2.24) is 5.48 Å². The lowest BCUT2D eigenvalue weighted by Gasteiger charge is -2.42. The lowest BCUT2D eigenvalue weighted by molar-refractivity contribution is -0.247. The maximum Gasteiger partial charge on any atom is 0.275 e. The first-order chi connectivity index (χ1) is 21.0. The molecule has 1 aliphatic heterocycles. The molecule has 0 spiro atoms. The number of phenolic OH excluding ortho intramolecular Hbond substituents is 2. The molecule has 3 aromatic carbocycles. The second-order valence-corrected chi connectivity index (χ2v) is 11.4. The fourth-order valence-electron chi connectivity index (χ4n) is 6.18. The van der Waals surface area contributed by atoms with E-state index in [9.17, 15) is 34.8 Å². The summed E-state index contributed by atoms with van der Waals surface area (Å²) in [7, 11) is 0. The van der Waals surface area contributed by atoms with Gasteiger partial charge in [0, 0.05) is 47.6 Å². The van der Waals surface area contributed by atoms with E-state index in [2.05, 4.69) is 5.48 Å². The van der Waals surface area contributed by atoms with Crippen molar-refractivity contribution in [1.29, 1.82) is 0 Å². The van der Waals surface area contributed by atoms with Gasteiger partial charge in [-0.2, -0.15) is 0 Å². The Balaban J connectivity index is 1.39. The first-order valence-electron chi connectivity index (χ1n) is 14.2. The van der Waals surface area contributed by atoms with Crippen LogP contribution >= 0.6 is 0 Å². The van der Waals surface area contributed by atoms with Gasteiger partial charge in [0.2, 0.25) is 0 Å². The Labute approximate surface area is 251 Å². The van der Waals surface area contributed by atoms with Crippen LogP contribution in [0.4, 0.5) is 0 Å². The molecule has 2 aliphatic carbocycles. The number of hydroxylamine groups is 1. The summed E-state index contributed by atoms with van der Waals surface area (Å²) in [4.78, 5) is 45.8. The number of ether oxygens (including phenoxy) is 2. The normalized spacial score (nSPS) is 27.7. The van der Waals surface area contributed by atoms with Crippen molar-refractivity contribution in [2.75, 3.05) is 0 Å². The average Bonchev–Trinajstić information content (AvgIpc) is 3.00. The number of fused-ring (bicyclic) bond motifs is 3. The summed E-state index contributed by atoms with van der Waals surface area (Å²) < 4.78 is 11.9. The number of phenols is 2. The average molecular weight is 605 g/mol. The molecule has 0 radical (unpaired) electrons. The molecule has 7 N–H and O–H groups in total. The zero-order valence-corrected chi connectivity index (χ0v) is 23.7. The molecular weight excluding hydrogens is 572 g/mol. The van der Waals surface area contributed by atoms with Crippen LogP contribution in [0, 0.1) is 0 Å². The van der Waals surface area contributed by atoms with Gasteiger partial charge in [0.1, 0.15) is 11.5 Å². The van der Waals surface area contributed by atoms with Crippen LogP contribution in [0.3, 0.4) is 0 Å². The summed E-state index contributed by atoms with van der Waals surface area (Å²) in [6.45, 7) is 1.60. The minimum absolute atomic E-state index is 0.00274. The number of ketones is 2. The van der Waals surface area contributed by atoms with Gasteiger partial charge in [0.05, 0.1) is 36.0 Å². The van der Waals surface area contributed by atoms with Crippen LogP contribution < -0.4 is 11.2 Å². The van der Waals surface area contributed by atoms with Crippen LogP contribution in [0.15, 0.2) is 54.6 Å². The number of amides is 1. The molecule has 230 valence electrons. The molecule has 0 bridgehead atoms. The van der Waals surface area contributed by atoms with Gasteiger partial charge < -0.3 is 35.6 Å². The number of aliphatic hydroxyl groups is 2. The van der Waals surface area contributed by atoms with Gasteiger partial charge in [-0.05, 0) is 12.5 Å². The number of carbonyl (C=O) groups is 3.